The van der Waals surface area contributed by atoms with E-state index < -0.39 is 0 Å². The summed E-state index contributed by atoms with van der Waals surface area (Å²) < 4.78 is 6.15. The Morgan fingerprint density at radius 2 is 1.88 bits per heavy atom. The largest absolute Gasteiger partial charge is 0.459 e. The molecule has 3 saturated carbocycles. The Hall–Kier alpha value is -0.530. The first-order valence-electron chi connectivity index (χ1n) is 10.5. The van der Waals surface area contributed by atoms with E-state index in [0.29, 0.717) is 0 Å². The highest BCUT2D eigenvalue weighted by molar-refractivity contribution is 5.76. The average molecular weight is 335 g/mol. The quantitative estimate of drug-likeness (QED) is 0.558. The van der Waals surface area contributed by atoms with Crippen LogP contribution in [0.2, 0.25) is 0 Å². The van der Waals surface area contributed by atoms with E-state index in [4.69, 9.17) is 4.74 Å². The van der Waals surface area contributed by atoms with Crippen LogP contribution in [-0.4, -0.2) is 11.6 Å². The maximum Gasteiger partial charge on any atom is 0.312 e. The lowest BCUT2D eigenvalue weighted by molar-refractivity contribution is -0.171. The van der Waals surface area contributed by atoms with Crippen LogP contribution in [0.1, 0.15) is 92.4 Å². The normalized spacial score (nSPS) is 41.8. The SMILES string of the molecule is CCC1(OC(=O)C(C)(C)CC)CCC(CC2C3CCC(C3)C2C)C1. The van der Waals surface area contributed by atoms with Crippen LogP contribution in [0, 0.1) is 35.0 Å². The second-order valence-corrected chi connectivity index (χ2v) is 9.86. The summed E-state index contributed by atoms with van der Waals surface area (Å²) in [4.78, 5) is 12.6. The molecule has 138 valence electrons. The molecule has 2 nitrogen and oxygen atoms in total. The fourth-order valence-electron chi connectivity index (χ4n) is 5.85. The van der Waals surface area contributed by atoms with Gasteiger partial charge in [0.2, 0.25) is 0 Å². The first kappa shape index (κ1) is 18.3. The van der Waals surface area contributed by atoms with Crippen molar-refractivity contribution in [2.45, 2.75) is 98.0 Å². The summed E-state index contributed by atoms with van der Waals surface area (Å²) in [6.45, 7) is 10.8. The smallest absolute Gasteiger partial charge is 0.312 e. The van der Waals surface area contributed by atoms with Crippen LogP contribution < -0.4 is 0 Å². The molecule has 3 rings (SSSR count). The lowest BCUT2D eigenvalue weighted by Gasteiger charge is -2.34. The molecule has 3 aliphatic rings. The van der Waals surface area contributed by atoms with Crippen molar-refractivity contribution in [1.29, 1.82) is 0 Å². The van der Waals surface area contributed by atoms with Crippen molar-refractivity contribution in [3.8, 4) is 0 Å². The van der Waals surface area contributed by atoms with Gasteiger partial charge in [0, 0.05) is 0 Å². The van der Waals surface area contributed by atoms with Gasteiger partial charge >= 0.3 is 5.97 Å². The molecule has 2 bridgehead atoms. The number of hydrogen-bond acceptors (Lipinski definition) is 2. The summed E-state index contributed by atoms with van der Waals surface area (Å²) in [7, 11) is 0. The Balaban J connectivity index is 1.59. The van der Waals surface area contributed by atoms with E-state index in [1.165, 1.54) is 32.1 Å². The molecule has 6 atom stereocenters. The zero-order valence-electron chi connectivity index (χ0n) is 16.6. The van der Waals surface area contributed by atoms with Crippen LogP contribution in [0.4, 0.5) is 0 Å². The van der Waals surface area contributed by atoms with Gasteiger partial charge in [0.05, 0.1) is 5.41 Å². The second-order valence-electron chi connectivity index (χ2n) is 9.86. The molecule has 6 unspecified atom stereocenters. The molecule has 0 aliphatic heterocycles. The van der Waals surface area contributed by atoms with Crippen LogP contribution in [0.25, 0.3) is 0 Å². The Morgan fingerprint density at radius 3 is 2.46 bits per heavy atom. The maximum atomic E-state index is 12.6. The molecule has 3 aliphatic carbocycles. The van der Waals surface area contributed by atoms with E-state index in [2.05, 4.69) is 20.8 Å². The number of carbonyl (C=O) groups is 1. The summed E-state index contributed by atoms with van der Waals surface area (Å²) in [5.41, 5.74) is -0.519. The maximum absolute atomic E-state index is 12.6. The Morgan fingerprint density at radius 1 is 1.17 bits per heavy atom. The van der Waals surface area contributed by atoms with Crippen LogP contribution >= 0.6 is 0 Å². The highest BCUT2D eigenvalue weighted by atomic mass is 16.6. The number of rotatable bonds is 6. The average Bonchev–Trinajstić information content (AvgIpc) is 3.25. The Bertz CT molecular complexity index is 467. The van der Waals surface area contributed by atoms with E-state index in [0.717, 1.165) is 55.3 Å². The summed E-state index contributed by atoms with van der Waals surface area (Å²) in [5.74, 6) is 4.69. The molecule has 0 heterocycles. The van der Waals surface area contributed by atoms with Crippen LogP contribution in [-0.2, 0) is 9.53 Å². The van der Waals surface area contributed by atoms with Crippen LogP contribution in [0.15, 0.2) is 0 Å². The topological polar surface area (TPSA) is 26.3 Å². The van der Waals surface area contributed by atoms with E-state index in [-0.39, 0.29) is 17.0 Å². The van der Waals surface area contributed by atoms with Crippen molar-refractivity contribution in [3.05, 3.63) is 0 Å². The molecular formula is C22H38O2. The van der Waals surface area contributed by atoms with Crippen molar-refractivity contribution in [1.82, 2.24) is 0 Å². The molecule has 0 aromatic heterocycles. The summed E-state index contributed by atoms with van der Waals surface area (Å²) in [6, 6.07) is 0. The van der Waals surface area contributed by atoms with Gasteiger partial charge in [-0.05, 0) is 101 Å². The Labute approximate surface area is 149 Å². The monoisotopic (exact) mass is 334 g/mol. The van der Waals surface area contributed by atoms with Gasteiger partial charge in [-0.1, -0.05) is 20.8 Å². The third-order valence-electron chi connectivity index (χ3n) is 8.20. The minimum Gasteiger partial charge on any atom is -0.459 e. The zero-order chi connectivity index (χ0) is 17.5. The molecule has 2 heteroatoms. The van der Waals surface area contributed by atoms with Gasteiger partial charge in [0.1, 0.15) is 5.60 Å². The minimum absolute atomic E-state index is 0.0146. The molecule has 0 saturated heterocycles. The predicted octanol–water partition coefficient (Wildman–Crippen LogP) is 5.99. The third-order valence-corrected chi connectivity index (χ3v) is 8.20. The molecule has 0 N–H and O–H groups in total. The van der Waals surface area contributed by atoms with Crippen molar-refractivity contribution in [3.63, 3.8) is 0 Å². The summed E-state index contributed by atoms with van der Waals surface area (Å²) >= 11 is 0. The van der Waals surface area contributed by atoms with Crippen molar-refractivity contribution < 1.29 is 9.53 Å². The van der Waals surface area contributed by atoms with Gasteiger partial charge in [0.25, 0.3) is 0 Å². The molecule has 0 aromatic carbocycles. The molecule has 0 spiro atoms. The number of esters is 1. The van der Waals surface area contributed by atoms with E-state index in [1.807, 2.05) is 13.8 Å². The lowest BCUT2D eigenvalue weighted by Crippen LogP contribution is -2.37. The van der Waals surface area contributed by atoms with E-state index in [9.17, 15) is 4.79 Å². The molecular weight excluding hydrogens is 296 g/mol. The fourth-order valence-corrected chi connectivity index (χ4v) is 5.85. The van der Waals surface area contributed by atoms with Crippen molar-refractivity contribution >= 4 is 5.97 Å². The van der Waals surface area contributed by atoms with Gasteiger partial charge in [-0.25, -0.2) is 0 Å². The number of hydrogen-bond donors (Lipinski definition) is 0. The Kier molecular flexibility index (Phi) is 5.06. The molecule has 24 heavy (non-hydrogen) atoms. The van der Waals surface area contributed by atoms with Gasteiger partial charge in [-0.15, -0.1) is 0 Å². The highest BCUT2D eigenvalue weighted by Crippen LogP contribution is 2.56. The second kappa shape index (κ2) is 6.65. The predicted molar refractivity (Wildman–Crippen MR) is 98.6 cm³/mol. The molecule has 0 radical (unpaired) electrons. The first-order chi connectivity index (χ1) is 11.3. The minimum atomic E-state index is -0.348. The first-order valence-corrected chi connectivity index (χ1v) is 10.5. The third kappa shape index (κ3) is 3.27. The number of ether oxygens (including phenoxy) is 1. The van der Waals surface area contributed by atoms with Crippen LogP contribution in [0.3, 0.4) is 0 Å². The van der Waals surface area contributed by atoms with Crippen molar-refractivity contribution in [2.75, 3.05) is 0 Å². The zero-order valence-corrected chi connectivity index (χ0v) is 16.6. The van der Waals surface area contributed by atoms with Gasteiger partial charge < -0.3 is 4.74 Å². The van der Waals surface area contributed by atoms with Crippen molar-refractivity contribution in [2.24, 2.45) is 35.0 Å². The fraction of sp³-hybridized carbons (Fsp3) is 0.955. The summed E-state index contributed by atoms with van der Waals surface area (Å²) in [5, 5.41) is 0. The van der Waals surface area contributed by atoms with Gasteiger partial charge in [0.15, 0.2) is 0 Å². The van der Waals surface area contributed by atoms with Gasteiger partial charge in [-0.3, -0.25) is 4.79 Å². The standard InChI is InChI=1S/C22H38O2/c1-6-21(4,5)20(23)24-22(7-2)11-10-16(14-22)12-19-15(3)17-8-9-18(19)13-17/h15-19H,6-14H2,1-5H3. The van der Waals surface area contributed by atoms with Gasteiger partial charge in [-0.2, -0.15) is 0 Å². The lowest BCUT2D eigenvalue weighted by atomic mass is 9.75. The van der Waals surface area contributed by atoms with E-state index >= 15 is 0 Å². The number of fused-ring (bicyclic) bond motifs is 2. The van der Waals surface area contributed by atoms with Crippen LogP contribution in [0.5, 0.6) is 0 Å². The molecule has 0 amide bonds. The molecule has 0 aromatic rings. The number of carbonyl (C=O) groups excluding carboxylic acids is 1. The van der Waals surface area contributed by atoms with E-state index in [1.54, 1.807) is 0 Å². The summed E-state index contributed by atoms with van der Waals surface area (Å²) in [6.07, 6.45) is 11.1. The molecule has 3 fully saturated rings. The highest BCUT2D eigenvalue weighted by Gasteiger charge is 2.48.